The Kier molecular flexibility index (Phi) is 8.46. The van der Waals surface area contributed by atoms with Crippen molar-refractivity contribution in [3.8, 4) is 0 Å². The molecule has 0 radical (unpaired) electrons. The molecule has 236 valence electrons. The second-order valence-electron chi connectivity index (χ2n) is 12.9. The van der Waals surface area contributed by atoms with Crippen LogP contribution in [0.1, 0.15) is 42.3 Å². The molecule has 11 heteroatoms. The highest BCUT2D eigenvalue weighted by Gasteiger charge is 2.35. The van der Waals surface area contributed by atoms with Gasteiger partial charge in [0.25, 0.3) is 5.91 Å². The van der Waals surface area contributed by atoms with Gasteiger partial charge in [0.15, 0.2) is 5.82 Å². The predicted octanol–water partition coefficient (Wildman–Crippen LogP) is 5.67. The predicted molar refractivity (Wildman–Crippen MR) is 170 cm³/mol. The van der Waals surface area contributed by atoms with E-state index in [4.69, 9.17) is 4.74 Å². The van der Waals surface area contributed by atoms with Crippen molar-refractivity contribution in [2.24, 2.45) is 5.92 Å². The Morgan fingerprint density at radius 3 is 2.29 bits per heavy atom. The van der Waals surface area contributed by atoms with E-state index in [0.29, 0.717) is 34.7 Å². The Bertz CT molecular complexity index is 1670. The Balaban J connectivity index is 1.000. The van der Waals surface area contributed by atoms with Crippen molar-refractivity contribution < 1.29 is 23.1 Å². The third kappa shape index (κ3) is 7.42. The van der Waals surface area contributed by atoms with Crippen LogP contribution < -0.4 is 10.2 Å². The molecule has 45 heavy (non-hydrogen) atoms. The van der Waals surface area contributed by atoms with E-state index in [1.165, 1.54) is 12.1 Å². The number of ether oxygens (including phenoxy) is 1. The van der Waals surface area contributed by atoms with E-state index in [2.05, 4.69) is 25.3 Å². The van der Waals surface area contributed by atoms with Gasteiger partial charge in [-0.15, -0.1) is 0 Å². The maximum atomic E-state index is 13.7. The molecule has 2 N–H and O–H groups in total. The summed E-state index contributed by atoms with van der Waals surface area (Å²) in [6.45, 7) is 11.7. The summed E-state index contributed by atoms with van der Waals surface area (Å²) in [7, 11) is 0. The van der Waals surface area contributed by atoms with Crippen molar-refractivity contribution in [3.05, 3.63) is 89.0 Å². The average molecular weight is 617 g/mol. The van der Waals surface area contributed by atoms with Gasteiger partial charge < -0.3 is 19.9 Å². The third-order valence-electron chi connectivity index (χ3n) is 8.18. The summed E-state index contributed by atoms with van der Waals surface area (Å²) in [5.74, 6) is -0.650. The van der Waals surface area contributed by atoms with Gasteiger partial charge in [0, 0.05) is 74.4 Å². The number of nitrogens with zero attached hydrogens (tertiary/aromatic N) is 4. The van der Waals surface area contributed by atoms with Gasteiger partial charge in [-0.25, -0.2) is 13.6 Å². The van der Waals surface area contributed by atoms with Crippen molar-refractivity contribution in [1.29, 1.82) is 0 Å². The number of nitrogens with one attached hydrogen (secondary N) is 2. The Morgan fingerprint density at radius 2 is 1.62 bits per heavy atom. The highest BCUT2D eigenvalue weighted by Crippen LogP contribution is 2.26. The molecular formula is C34H38F2N6O3. The zero-order chi connectivity index (χ0) is 31.7. The molecule has 2 saturated heterocycles. The smallest absolute Gasteiger partial charge is 0.410 e. The van der Waals surface area contributed by atoms with Crippen molar-refractivity contribution in [2.75, 3.05) is 56.0 Å². The molecule has 2 aliphatic heterocycles. The lowest BCUT2D eigenvalue weighted by Gasteiger charge is -2.44. The molecule has 0 saturated carbocycles. The van der Waals surface area contributed by atoms with Gasteiger partial charge in [0.1, 0.15) is 17.2 Å². The topological polar surface area (TPSA) is 93.8 Å². The summed E-state index contributed by atoms with van der Waals surface area (Å²) < 4.78 is 32.8. The molecule has 0 spiro atoms. The van der Waals surface area contributed by atoms with Crippen LogP contribution >= 0.6 is 0 Å². The molecular weight excluding hydrogens is 578 g/mol. The largest absolute Gasteiger partial charge is 0.444 e. The second kappa shape index (κ2) is 12.5. The monoisotopic (exact) mass is 616 g/mol. The lowest BCUT2D eigenvalue weighted by molar-refractivity contribution is -0.00658. The number of rotatable bonds is 7. The molecule has 9 nitrogen and oxygen atoms in total. The van der Waals surface area contributed by atoms with Crippen LogP contribution in [0.15, 0.2) is 60.7 Å². The molecule has 3 heterocycles. The van der Waals surface area contributed by atoms with Gasteiger partial charge in [0.05, 0.1) is 5.52 Å². The fraction of sp³-hybridized carbons (Fsp3) is 0.382. The minimum atomic E-state index is -0.617. The number of carbonyl (C=O) groups excluding carboxylic acids is 2. The minimum absolute atomic E-state index is 0.232. The highest BCUT2D eigenvalue weighted by atomic mass is 19.1. The molecule has 4 aromatic rings. The number of aromatic nitrogens is 2. The van der Waals surface area contributed by atoms with Crippen LogP contribution in [-0.2, 0) is 11.2 Å². The van der Waals surface area contributed by atoms with Crippen LogP contribution in [0.3, 0.4) is 0 Å². The highest BCUT2D eigenvalue weighted by molar-refractivity contribution is 6.08. The first kappa shape index (κ1) is 30.5. The maximum absolute atomic E-state index is 13.7. The summed E-state index contributed by atoms with van der Waals surface area (Å²) in [6.07, 6.45) is 0.107. The number of hydrogen-bond acceptors (Lipinski definition) is 6. The SMILES string of the molecule is CC(C)(C)OC(=O)N1CC(CN2CCN(c3ccc(C(=O)Nc4n[nH]c5ccc(Cc6cc(F)cc(F)c6)cc45)cc3)CC2)C1. The lowest BCUT2D eigenvalue weighted by Crippen LogP contribution is -2.57. The summed E-state index contributed by atoms with van der Waals surface area (Å²) in [6, 6.07) is 16.6. The fourth-order valence-corrected chi connectivity index (χ4v) is 5.93. The molecule has 6 rings (SSSR count). The third-order valence-corrected chi connectivity index (χ3v) is 8.18. The van der Waals surface area contributed by atoms with E-state index in [1.807, 2.05) is 63.2 Å². The first-order chi connectivity index (χ1) is 21.5. The van der Waals surface area contributed by atoms with Gasteiger partial charge >= 0.3 is 6.09 Å². The zero-order valence-corrected chi connectivity index (χ0v) is 25.8. The Labute approximate surface area is 261 Å². The number of anilines is 2. The average Bonchev–Trinajstić information content (AvgIpc) is 3.35. The second-order valence-corrected chi connectivity index (χ2v) is 12.9. The number of halogens is 2. The number of hydrogen-bond donors (Lipinski definition) is 2. The van der Waals surface area contributed by atoms with Crippen LogP contribution in [0.4, 0.5) is 25.1 Å². The van der Waals surface area contributed by atoms with Crippen LogP contribution in [0.25, 0.3) is 10.9 Å². The van der Waals surface area contributed by atoms with Crippen LogP contribution in [0.5, 0.6) is 0 Å². The maximum Gasteiger partial charge on any atom is 0.410 e. The van der Waals surface area contributed by atoms with Crippen molar-refractivity contribution >= 4 is 34.4 Å². The van der Waals surface area contributed by atoms with Gasteiger partial charge in [-0.3, -0.25) is 14.8 Å². The lowest BCUT2D eigenvalue weighted by atomic mass is 10.00. The van der Waals surface area contributed by atoms with Gasteiger partial charge in [-0.05, 0) is 86.8 Å². The molecule has 3 aromatic carbocycles. The van der Waals surface area contributed by atoms with Crippen LogP contribution in [0, 0.1) is 17.6 Å². The fourth-order valence-electron chi connectivity index (χ4n) is 5.93. The van der Waals surface area contributed by atoms with E-state index in [0.717, 1.165) is 68.6 Å². The number of carbonyl (C=O) groups is 2. The number of benzene rings is 3. The standard InChI is InChI=1S/C34H38F2N6O3/c1-34(2,3)45-33(44)42-20-24(21-42)19-40-10-12-41(13-11-40)28-7-5-25(6-8-28)32(43)37-31-29-17-22(4-9-30(29)38-39-31)14-23-15-26(35)18-27(36)16-23/h4-9,15-18,24H,10-14,19-21H2,1-3H3,(H2,37,38,39,43). The molecule has 2 aliphatic rings. The van der Waals surface area contributed by atoms with Crippen LogP contribution in [0.2, 0.25) is 0 Å². The minimum Gasteiger partial charge on any atom is -0.444 e. The molecule has 2 amide bonds. The molecule has 0 atom stereocenters. The molecule has 0 aliphatic carbocycles. The quantitative estimate of drug-likeness (QED) is 0.278. The summed E-state index contributed by atoms with van der Waals surface area (Å²) in [4.78, 5) is 31.8. The summed E-state index contributed by atoms with van der Waals surface area (Å²) in [5.41, 5.74) is 3.20. The van der Waals surface area contributed by atoms with Crippen molar-refractivity contribution in [2.45, 2.75) is 32.8 Å². The van der Waals surface area contributed by atoms with Crippen molar-refractivity contribution in [1.82, 2.24) is 20.0 Å². The molecule has 2 fully saturated rings. The van der Waals surface area contributed by atoms with E-state index >= 15 is 0 Å². The zero-order valence-electron chi connectivity index (χ0n) is 25.8. The Hall–Kier alpha value is -4.51. The number of fused-ring (bicyclic) bond motifs is 1. The van der Waals surface area contributed by atoms with Gasteiger partial charge in [-0.1, -0.05) is 6.07 Å². The molecule has 1 aromatic heterocycles. The van der Waals surface area contributed by atoms with E-state index in [9.17, 15) is 18.4 Å². The summed E-state index contributed by atoms with van der Waals surface area (Å²) in [5, 5.41) is 10.8. The molecule has 0 unspecified atom stereocenters. The van der Waals surface area contributed by atoms with Crippen LogP contribution in [-0.4, -0.2) is 83.4 Å². The molecule has 0 bridgehead atoms. The normalized spacial score (nSPS) is 16.1. The van der Waals surface area contributed by atoms with E-state index in [-0.39, 0.29) is 12.0 Å². The number of amides is 2. The number of H-pyrrole nitrogens is 1. The Morgan fingerprint density at radius 1 is 0.933 bits per heavy atom. The van der Waals surface area contributed by atoms with E-state index < -0.39 is 17.2 Å². The first-order valence-corrected chi connectivity index (χ1v) is 15.3. The first-order valence-electron chi connectivity index (χ1n) is 15.3. The van der Waals surface area contributed by atoms with Gasteiger partial charge in [-0.2, -0.15) is 5.10 Å². The number of likely N-dealkylation sites (tertiary alicyclic amines) is 1. The van der Waals surface area contributed by atoms with Crippen molar-refractivity contribution in [3.63, 3.8) is 0 Å². The van der Waals surface area contributed by atoms with E-state index in [1.54, 1.807) is 4.90 Å². The number of piperazine rings is 1. The summed E-state index contributed by atoms with van der Waals surface area (Å²) >= 11 is 0. The number of aromatic amines is 1. The van der Waals surface area contributed by atoms with Gasteiger partial charge in [0.2, 0.25) is 0 Å².